The van der Waals surface area contributed by atoms with Crippen LogP contribution >= 0.6 is 0 Å². The molecule has 0 amide bonds. The molecule has 3 aromatic rings. The molecule has 0 spiro atoms. The molecule has 1 saturated heterocycles. The number of carboxylic acid groups (broad SMARTS) is 1. The summed E-state index contributed by atoms with van der Waals surface area (Å²) in [5.41, 5.74) is 3.42. The summed E-state index contributed by atoms with van der Waals surface area (Å²) in [5.74, 6) is -0.820. The second kappa shape index (κ2) is 6.89. The number of aryl methyl sites for hydroxylation is 1. The first kappa shape index (κ1) is 16.7. The number of aromatic amines is 1. The van der Waals surface area contributed by atoms with Gasteiger partial charge in [-0.15, -0.1) is 0 Å². The first-order valence-electron chi connectivity index (χ1n) is 8.67. The van der Waals surface area contributed by atoms with Crippen LogP contribution in [0.2, 0.25) is 0 Å². The van der Waals surface area contributed by atoms with Crippen molar-refractivity contribution < 1.29 is 14.5 Å². The molecule has 0 saturated carbocycles. The lowest BCUT2D eigenvalue weighted by molar-refractivity contribution is -0.144. The van der Waals surface area contributed by atoms with Gasteiger partial charge in [-0.3, -0.25) is 14.6 Å². The standard InChI is InChI=1S/C18H21N5O3/c1-12-16(21-26-20-12)11-22-6-8-23(9-7-22)17(18(24)25)14-10-19-15-5-3-2-4-13(14)15/h2-5,10,17,19H,6-9,11H2,1H3,(H,24,25)/t17-/m0/s1. The Bertz CT molecular complexity index is 910. The molecule has 4 rings (SSSR count). The van der Waals surface area contributed by atoms with Crippen LogP contribution in [-0.4, -0.2) is 62.4 Å². The summed E-state index contributed by atoms with van der Waals surface area (Å²) in [6.07, 6.45) is 1.82. The predicted molar refractivity (Wildman–Crippen MR) is 94.6 cm³/mol. The summed E-state index contributed by atoms with van der Waals surface area (Å²) in [5, 5.41) is 18.6. The molecule has 1 atom stereocenters. The fourth-order valence-electron chi connectivity index (χ4n) is 3.59. The second-order valence-corrected chi connectivity index (χ2v) is 6.64. The number of H-pyrrole nitrogens is 1. The van der Waals surface area contributed by atoms with Gasteiger partial charge < -0.3 is 10.1 Å². The molecule has 0 bridgehead atoms. The number of aromatic nitrogens is 3. The second-order valence-electron chi connectivity index (χ2n) is 6.64. The van der Waals surface area contributed by atoms with Gasteiger partial charge in [0.25, 0.3) is 0 Å². The van der Waals surface area contributed by atoms with Crippen LogP contribution < -0.4 is 0 Å². The summed E-state index contributed by atoms with van der Waals surface area (Å²) >= 11 is 0. The number of piperazine rings is 1. The van der Waals surface area contributed by atoms with Crippen molar-refractivity contribution in [3.05, 3.63) is 47.4 Å². The Morgan fingerprint density at radius 2 is 2.04 bits per heavy atom. The van der Waals surface area contributed by atoms with Crippen molar-refractivity contribution in [2.75, 3.05) is 26.2 Å². The van der Waals surface area contributed by atoms with Crippen molar-refractivity contribution in [2.24, 2.45) is 0 Å². The Labute approximate surface area is 150 Å². The van der Waals surface area contributed by atoms with Crippen LogP contribution in [0, 0.1) is 6.92 Å². The van der Waals surface area contributed by atoms with E-state index in [1.165, 1.54) is 0 Å². The number of benzene rings is 1. The minimum absolute atomic E-state index is 0.649. The lowest BCUT2D eigenvalue weighted by atomic mass is 10.0. The summed E-state index contributed by atoms with van der Waals surface area (Å²) in [6, 6.07) is 7.16. The van der Waals surface area contributed by atoms with E-state index in [9.17, 15) is 9.90 Å². The van der Waals surface area contributed by atoms with E-state index in [1.807, 2.05) is 42.3 Å². The maximum atomic E-state index is 12.0. The Morgan fingerprint density at radius 3 is 2.73 bits per heavy atom. The zero-order valence-corrected chi connectivity index (χ0v) is 14.6. The van der Waals surface area contributed by atoms with Gasteiger partial charge in [0.1, 0.15) is 17.4 Å². The van der Waals surface area contributed by atoms with Crippen LogP contribution in [0.25, 0.3) is 10.9 Å². The molecule has 3 heterocycles. The monoisotopic (exact) mass is 355 g/mol. The Balaban J connectivity index is 1.49. The van der Waals surface area contributed by atoms with Crippen molar-refractivity contribution in [1.82, 2.24) is 25.1 Å². The van der Waals surface area contributed by atoms with Crippen LogP contribution in [-0.2, 0) is 11.3 Å². The van der Waals surface area contributed by atoms with Crippen LogP contribution in [0.4, 0.5) is 0 Å². The van der Waals surface area contributed by atoms with Gasteiger partial charge in [0.2, 0.25) is 0 Å². The molecule has 8 heteroatoms. The molecular weight excluding hydrogens is 334 g/mol. The van der Waals surface area contributed by atoms with E-state index in [4.69, 9.17) is 4.63 Å². The molecule has 2 N–H and O–H groups in total. The minimum atomic E-state index is -0.820. The maximum Gasteiger partial charge on any atom is 0.325 e. The predicted octanol–water partition coefficient (Wildman–Crippen LogP) is 1.80. The van der Waals surface area contributed by atoms with Crippen LogP contribution in [0.15, 0.2) is 35.1 Å². The fourth-order valence-corrected chi connectivity index (χ4v) is 3.59. The summed E-state index contributed by atoms with van der Waals surface area (Å²) in [4.78, 5) is 19.5. The Kier molecular flexibility index (Phi) is 4.44. The topological polar surface area (TPSA) is 98.5 Å². The highest BCUT2D eigenvalue weighted by molar-refractivity contribution is 5.89. The quantitative estimate of drug-likeness (QED) is 0.720. The van der Waals surface area contributed by atoms with E-state index in [0.29, 0.717) is 19.6 Å². The van der Waals surface area contributed by atoms with Gasteiger partial charge >= 0.3 is 5.97 Å². The largest absolute Gasteiger partial charge is 0.480 e. The summed E-state index contributed by atoms with van der Waals surface area (Å²) in [7, 11) is 0. The van der Waals surface area contributed by atoms with Crippen LogP contribution in [0.5, 0.6) is 0 Å². The van der Waals surface area contributed by atoms with E-state index in [1.54, 1.807) is 0 Å². The zero-order valence-electron chi connectivity index (χ0n) is 14.6. The smallest absolute Gasteiger partial charge is 0.325 e. The van der Waals surface area contributed by atoms with Crippen molar-refractivity contribution >= 4 is 16.9 Å². The molecule has 0 unspecified atom stereocenters. The molecular formula is C18H21N5O3. The number of nitrogens with one attached hydrogen (secondary N) is 1. The van der Waals surface area contributed by atoms with E-state index in [2.05, 4.69) is 20.2 Å². The number of carboxylic acids is 1. The van der Waals surface area contributed by atoms with E-state index in [0.717, 1.165) is 40.9 Å². The van der Waals surface area contributed by atoms with E-state index >= 15 is 0 Å². The fraction of sp³-hybridized carbons (Fsp3) is 0.389. The normalized spacial score (nSPS) is 17.6. The number of rotatable bonds is 5. The average molecular weight is 355 g/mol. The minimum Gasteiger partial charge on any atom is -0.480 e. The number of aliphatic carboxylic acids is 1. The van der Waals surface area contributed by atoms with E-state index < -0.39 is 12.0 Å². The summed E-state index contributed by atoms with van der Waals surface area (Å²) < 4.78 is 4.75. The van der Waals surface area contributed by atoms with Gasteiger partial charge in [-0.05, 0) is 13.0 Å². The van der Waals surface area contributed by atoms with Gasteiger partial charge in [-0.1, -0.05) is 28.5 Å². The SMILES string of the molecule is Cc1nonc1CN1CCN([C@H](C(=O)O)c2c[nH]c3ccccc23)CC1. The number of nitrogens with zero attached hydrogens (tertiary/aromatic N) is 4. The highest BCUT2D eigenvalue weighted by Gasteiger charge is 2.32. The van der Waals surface area contributed by atoms with Crippen LogP contribution in [0.3, 0.4) is 0 Å². The zero-order chi connectivity index (χ0) is 18.1. The molecule has 26 heavy (non-hydrogen) atoms. The highest BCUT2D eigenvalue weighted by Crippen LogP contribution is 2.29. The molecule has 136 valence electrons. The number of fused-ring (bicyclic) bond motifs is 1. The van der Waals surface area contributed by atoms with Gasteiger partial charge in [0.05, 0.1) is 0 Å². The molecule has 8 nitrogen and oxygen atoms in total. The molecule has 1 aliphatic rings. The number of hydrogen-bond donors (Lipinski definition) is 2. The third kappa shape index (κ3) is 3.09. The van der Waals surface area contributed by atoms with Crippen molar-refractivity contribution in [3.8, 4) is 0 Å². The molecule has 2 aromatic heterocycles. The molecule has 0 aliphatic carbocycles. The Hall–Kier alpha value is -2.71. The molecule has 1 fully saturated rings. The lowest BCUT2D eigenvalue weighted by Crippen LogP contribution is -2.48. The molecule has 1 aliphatic heterocycles. The third-order valence-corrected chi connectivity index (χ3v) is 5.04. The molecule has 1 aromatic carbocycles. The average Bonchev–Trinajstić information content (AvgIpc) is 3.24. The van der Waals surface area contributed by atoms with Crippen LogP contribution in [0.1, 0.15) is 23.0 Å². The van der Waals surface area contributed by atoms with Crippen molar-refractivity contribution in [1.29, 1.82) is 0 Å². The highest BCUT2D eigenvalue weighted by atomic mass is 16.6. The maximum absolute atomic E-state index is 12.0. The molecule has 0 radical (unpaired) electrons. The third-order valence-electron chi connectivity index (χ3n) is 5.04. The first-order chi connectivity index (χ1) is 12.6. The van der Waals surface area contributed by atoms with Gasteiger partial charge in [0, 0.05) is 55.4 Å². The number of para-hydroxylation sites is 1. The lowest BCUT2D eigenvalue weighted by Gasteiger charge is -2.37. The van der Waals surface area contributed by atoms with E-state index in [-0.39, 0.29) is 0 Å². The first-order valence-corrected chi connectivity index (χ1v) is 8.67. The van der Waals surface area contributed by atoms with Gasteiger partial charge in [-0.2, -0.15) is 0 Å². The van der Waals surface area contributed by atoms with Gasteiger partial charge in [-0.25, -0.2) is 4.63 Å². The Morgan fingerprint density at radius 1 is 1.27 bits per heavy atom. The van der Waals surface area contributed by atoms with Crippen molar-refractivity contribution in [2.45, 2.75) is 19.5 Å². The summed E-state index contributed by atoms with van der Waals surface area (Å²) in [6.45, 7) is 5.46. The number of carbonyl (C=O) groups is 1. The van der Waals surface area contributed by atoms with Gasteiger partial charge in [0.15, 0.2) is 0 Å². The number of hydrogen-bond acceptors (Lipinski definition) is 6. The van der Waals surface area contributed by atoms with Crippen molar-refractivity contribution in [3.63, 3.8) is 0 Å².